The van der Waals surface area contributed by atoms with Crippen LogP contribution in [0.5, 0.6) is 11.8 Å². The van der Waals surface area contributed by atoms with Gasteiger partial charge in [-0.25, -0.2) is 4.79 Å². The molecule has 0 saturated heterocycles. The molecule has 2 rings (SSSR count). The Balaban J connectivity index is 2.34. The third-order valence-electron chi connectivity index (χ3n) is 3.78. The quantitative estimate of drug-likeness (QED) is 0.160. The predicted molar refractivity (Wildman–Crippen MR) is 122 cm³/mol. The summed E-state index contributed by atoms with van der Waals surface area (Å²) in [6.45, 7) is 7.27. The number of allylic oxidation sites excluding steroid dienone is 5. The van der Waals surface area contributed by atoms with Crippen molar-refractivity contribution in [3.63, 3.8) is 0 Å². The van der Waals surface area contributed by atoms with Crippen LogP contribution in [-0.2, 0) is 4.84 Å². The summed E-state index contributed by atoms with van der Waals surface area (Å²) in [5.74, 6) is -0.0572. The molecule has 9 heteroatoms. The van der Waals surface area contributed by atoms with E-state index in [0.29, 0.717) is 27.5 Å². The Morgan fingerprint density at radius 3 is 2.48 bits per heavy atom. The molecule has 0 N–H and O–H groups in total. The fraction of sp³-hybridized carbons (Fsp3) is 0.182. The van der Waals surface area contributed by atoms with Gasteiger partial charge in [0.05, 0.1) is 36.6 Å². The van der Waals surface area contributed by atoms with Gasteiger partial charge in [-0.05, 0) is 43.3 Å². The van der Waals surface area contributed by atoms with Gasteiger partial charge in [0.15, 0.2) is 5.16 Å². The Morgan fingerprint density at radius 1 is 1.23 bits per heavy atom. The number of benzene rings is 1. The molecule has 2 aromatic rings. The summed E-state index contributed by atoms with van der Waals surface area (Å²) in [6, 6.07) is 6.56. The molecule has 0 fully saturated rings. The van der Waals surface area contributed by atoms with Crippen LogP contribution in [0.1, 0.15) is 24.2 Å². The van der Waals surface area contributed by atoms with Gasteiger partial charge in [-0.2, -0.15) is 9.97 Å². The molecule has 1 aromatic carbocycles. The van der Waals surface area contributed by atoms with Gasteiger partial charge in [0, 0.05) is 4.90 Å². The van der Waals surface area contributed by atoms with E-state index in [1.54, 1.807) is 43.3 Å². The van der Waals surface area contributed by atoms with E-state index < -0.39 is 5.97 Å². The molecule has 162 valence electrons. The highest BCUT2D eigenvalue weighted by Crippen LogP contribution is 2.34. The van der Waals surface area contributed by atoms with Crippen molar-refractivity contribution in [2.45, 2.75) is 23.9 Å². The van der Waals surface area contributed by atoms with Gasteiger partial charge in [0.1, 0.15) is 0 Å². The summed E-state index contributed by atoms with van der Waals surface area (Å²) < 4.78 is 10.3. The first-order chi connectivity index (χ1) is 14.9. The van der Waals surface area contributed by atoms with Gasteiger partial charge in [0.2, 0.25) is 11.8 Å². The number of ether oxygens (including phenoxy) is 2. The molecular weight excluding hydrogens is 438 g/mol. The minimum Gasteiger partial charge on any atom is -0.481 e. The molecule has 0 aliphatic heterocycles. The van der Waals surface area contributed by atoms with Crippen LogP contribution in [0.2, 0.25) is 5.02 Å². The van der Waals surface area contributed by atoms with Gasteiger partial charge in [0.25, 0.3) is 0 Å². The molecule has 0 saturated carbocycles. The lowest BCUT2D eigenvalue weighted by Crippen LogP contribution is -2.07. The lowest BCUT2D eigenvalue weighted by atomic mass is 10.1. The zero-order chi connectivity index (χ0) is 22.8. The van der Waals surface area contributed by atoms with Crippen LogP contribution in [0.25, 0.3) is 0 Å². The number of hydrogen-bond donors (Lipinski definition) is 0. The van der Waals surface area contributed by atoms with Crippen LogP contribution in [0.3, 0.4) is 0 Å². The normalized spacial score (nSPS) is 12.0. The molecule has 0 radical (unpaired) electrons. The molecule has 0 unspecified atom stereocenters. The van der Waals surface area contributed by atoms with Crippen LogP contribution in [-0.4, -0.2) is 35.9 Å². The van der Waals surface area contributed by atoms with E-state index in [2.05, 4.69) is 21.7 Å². The van der Waals surface area contributed by atoms with Gasteiger partial charge < -0.3 is 14.3 Å². The van der Waals surface area contributed by atoms with E-state index in [1.807, 2.05) is 19.1 Å². The Morgan fingerprint density at radius 2 is 1.90 bits per heavy atom. The number of halogens is 1. The van der Waals surface area contributed by atoms with Crippen LogP contribution in [0.15, 0.2) is 75.9 Å². The molecule has 0 amide bonds. The van der Waals surface area contributed by atoms with Crippen molar-refractivity contribution < 1.29 is 19.1 Å². The topological polar surface area (TPSA) is 82.9 Å². The number of aromatic nitrogens is 2. The minimum absolute atomic E-state index is 0.149. The molecule has 0 bridgehead atoms. The van der Waals surface area contributed by atoms with Crippen molar-refractivity contribution in [1.29, 1.82) is 0 Å². The van der Waals surface area contributed by atoms with Crippen molar-refractivity contribution in [2.24, 2.45) is 5.16 Å². The largest absolute Gasteiger partial charge is 0.481 e. The Hall–Kier alpha value is -3.10. The van der Waals surface area contributed by atoms with Crippen molar-refractivity contribution >= 4 is 35.0 Å². The van der Waals surface area contributed by atoms with Gasteiger partial charge in [-0.15, -0.1) is 0 Å². The number of carbonyl (C=O) groups is 1. The van der Waals surface area contributed by atoms with Crippen LogP contribution < -0.4 is 9.47 Å². The standard InChI is InChI=1S/C22H22ClN3O4S/c1-6-9-15(10-7-2)14(3)26-30-21(27)20-16(23)11-8-12-17(20)31-22-24-18(28-4)13-19(25-22)29-5/h6-13H,1H2,2-5H3/b10-7-,15-9+,26-14+. The number of carbonyl (C=O) groups excluding carboxylic acids is 1. The van der Waals surface area contributed by atoms with Gasteiger partial charge in [-0.1, -0.05) is 53.7 Å². The fourth-order valence-corrected chi connectivity index (χ4v) is 3.55. The highest BCUT2D eigenvalue weighted by molar-refractivity contribution is 7.99. The maximum atomic E-state index is 12.8. The number of hydrogen-bond acceptors (Lipinski definition) is 8. The first kappa shape index (κ1) is 24.2. The van der Waals surface area contributed by atoms with E-state index in [4.69, 9.17) is 25.9 Å². The maximum absolute atomic E-state index is 12.8. The summed E-state index contributed by atoms with van der Waals surface area (Å²) in [5.41, 5.74) is 1.42. The molecule has 31 heavy (non-hydrogen) atoms. The zero-order valence-corrected chi connectivity index (χ0v) is 19.2. The monoisotopic (exact) mass is 459 g/mol. The highest BCUT2D eigenvalue weighted by atomic mass is 35.5. The summed E-state index contributed by atoms with van der Waals surface area (Å²) in [6.07, 6.45) is 7.07. The smallest absolute Gasteiger partial charge is 0.368 e. The molecule has 7 nitrogen and oxygen atoms in total. The van der Waals surface area contributed by atoms with Crippen molar-refractivity contribution in [1.82, 2.24) is 9.97 Å². The molecule has 1 heterocycles. The fourth-order valence-electron chi connectivity index (χ4n) is 2.34. The molecule has 1 aromatic heterocycles. The Bertz CT molecular complexity index is 1030. The number of nitrogens with zero attached hydrogens (tertiary/aromatic N) is 3. The first-order valence-electron chi connectivity index (χ1n) is 9.08. The second-order valence-corrected chi connectivity index (χ2v) is 7.28. The van der Waals surface area contributed by atoms with Gasteiger partial charge in [-0.3, -0.25) is 0 Å². The SMILES string of the molecule is C=C/C=C(\C=C/C)C(/C)=N/OC(=O)c1c(Cl)cccc1Sc1nc(OC)cc(OC)n1. The number of rotatable bonds is 9. The Labute approximate surface area is 190 Å². The van der Waals surface area contributed by atoms with Crippen molar-refractivity contribution in [3.05, 3.63) is 71.3 Å². The van der Waals surface area contributed by atoms with Crippen LogP contribution in [0.4, 0.5) is 0 Å². The summed E-state index contributed by atoms with van der Waals surface area (Å²) in [4.78, 5) is 27.0. The third-order valence-corrected chi connectivity index (χ3v) is 5.02. The minimum atomic E-state index is -0.708. The number of methoxy groups -OCH3 is 2. The summed E-state index contributed by atoms with van der Waals surface area (Å²) in [5, 5.41) is 4.47. The van der Waals surface area contributed by atoms with E-state index >= 15 is 0 Å². The Kier molecular flexibility index (Phi) is 9.30. The molecule has 0 aliphatic rings. The van der Waals surface area contributed by atoms with Crippen molar-refractivity contribution in [2.75, 3.05) is 14.2 Å². The molecule has 0 atom stereocenters. The van der Waals surface area contributed by atoms with Crippen LogP contribution in [0, 0.1) is 0 Å². The third kappa shape index (κ3) is 6.70. The lowest BCUT2D eigenvalue weighted by molar-refractivity contribution is 0.0512. The average molecular weight is 460 g/mol. The molecule has 0 spiro atoms. The van der Waals surface area contributed by atoms with E-state index in [9.17, 15) is 4.79 Å². The van der Waals surface area contributed by atoms with Gasteiger partial charge >= 0.3 is 5.97 Å². The predicted octanol–water partition coefficient (Wildman–Crippen LogP) is 5.52. The van der Waals surface area contributed by atoms with E-state index in [0.717, 1.165) is 17.3 Å². The first-order valence-corrected chi connectivity index (χ1v) is 10.3. The summed E-state index contributed by atoms with van der Waals surface area (Å²) >= 11 is 7.42. The van der Waals surface area contributed by atoms with Crippen molar-refractivity contribution in [3.8, 4) is 11.8 Å². The highest BCUT2D eigenvalue weighted by Gasteiger charge is 2.20. The zero-order valence-electron chi connectivity index (χ0n) is 17.6. The second kappa shape index (κ2) is 11.9. The summed E-state index contributed by atoms with van der Waals surface area (Å²) in [7, 11) is 2.98. The van der Waals surface area contributed by atoms with E-state index in [-0.39, 0.29) is 10.6 Å². The number of oxime groups is 1. The maximum Gasteiger partial charge on any atom is 0.368 e. The average Bonchev–Trinajstić information content (AvgIpc) is 2.76. The molecular formula is C22H22ClN3O4S. The second-order valence-electron chi connectivity index (χ2n) is 5.86. The van der Waals surface area contributed by atoms with E-state index in [1.165, 1.54) is 14.2 Å². The lowest BCUT2D eigenvalue weighted by Gasteiger charge is -2.10. The van der Waals surface area contributed by atoms with Crippen LogP contribution >= 0.6 is 23.4 Å². The molecule has 0 aliphatic carbocycles.